The van der Waals surface area contributed by atoms with Crippen LogP contribution in [-0.4, -0.2) is 86.6 Å². The first-order valence-electron chi connectivity index (χ1n) is 11.6. The van der Waals surface area contributed by atoms with E-state index in [2.05, 4.69) is 5.10 Å². The number of nitro benzene ring substituents is 1. The van der Waals surface area contributed by atoms with Crippen molar-refractivity contribution in [1.29, 1.82) is 0 Å². The molecule has 3 saturated heterocycles. The predicted octanol–water partition coefficient (Wildman–Crippen LogP) is 1.32. The molecule has 3 amide bonds. The van der Waals surface area contributed by atoms with Gasteiger partial charge in [0.1, 0.15) is 12.0 Å². The van der Waals surface area contributed by atoms with Crippen molar-refractivity contribution < 1.29 is 28.8 Å². The van der Waals surface area contributed by atoms with Crippen LogP contribution in [0.4, 0.5) is 10.5 Å². The summed E-state index contributed by atoms with van der Waals surface area (Å²) in [4.78, 5) is 51.3. The molecular weight excluding hydrogens is 516 g/mol. The van der Waals surface area contributed by atoms with E-state index in [1.54, 1.807) is 6.21 Å². The maximum Gasteiger partial charge on any atom is 0.345 e. The number of ether oxygens (including phenoxy) is 2. The molecule has 0 unspecified atom stereocenters. The molecule has 2 aromatic carbocycles. The Bertz CT molecular complexity index is 1310. The lowest BCUT2D eigenvalue weighted by molar-refractivity contribution is -0.384. The number of carbonyl (C=O) groups excluding carboxylic acids is 3. The Morgan fingerprint density at radius 1 is 1.21 bits per heavy atom. The van der Waals surface area contributed by atoms with E-state index in [0.29, 0.717) is 5.56 Å². The lowest BCUT2D eigenvalue weighted by Gasteiger charge is -2.47. The molecule has 2 N–H and O–H groups in total. The number of hydrazone groups is 1. The Balaban J connectivity index is 1.38. The summed E-state index contributed by atoms with van der Waals surface area (Å²) >= 11 is 1.03. The van der Waals surface area contributed by atoms with Crippen LogP contribution in [0.25, 0.3) is 0 Å². The van der Waals surface area contributed by atoms with Gasteiger partial charge in [0, 0.05) is 25.8 Å². The summed E-state index contributed by atoms with van der Waals surface area (Å²) in [7, 11) is 1.31. The number of rotatable bonds is 8. The molecule has 0 aliphatic carbocycles. The third kappa shape index (κ3) is 4.15. The van der Waals surface area contributed by atoms with Gasteiger partial charge in [-0.1, -0.05) is 42.1 Å². The summed E-state index contributed by atoms with van der Waals surface area (Å²) < 4.78 is 10.9. The molecule has 0 aromatic heterocycles. The van der Waals surface area contributed by atoms with Crippen LogP contribution in [0.3, 0.4) is 0 Å². The second kappa shape index (κ2) is 9.70. The van der Waals surface area contributed by atoms with Crippen molar-refractivity contribution in [3.63, 3.8) is 0 Å². The number of nitrogens with two attached hydrogens (primary N) is 1. The Morgan fingerprint density at radius 2 is 1.92 bits per heavy atom. The van der Waals surface area contributed by atoms with Crippen LogP contribution in [-0.2, 0) is 25.7 Å². The zero-order valence-electron chi connectivity index (χ0n) is 20.3. The van der Waals surface area contributed by atoms with Crippen LogP contribution in [0.5, 0.6) is 0 Å². The zero-order valence-corrected chi connectivity index (χ0v) is 21.1. The first kappa shape index (κ1) is 25.6. The second-order valence-corrected chi connectivity index (χ2v) is 10.3. The van der Waals surface area contributed by atoms with E-state index < -0.39 is 38.8 Å². The maximum atomic E-state index is 13.6. The van der Waals surface area contributed by atoms with Crippen LogP contribution in [0.2, 0.25) is 0 Å². The molecule has 0 bridgehead atoms. The largest absolute Gasteiger partial charge is 0.458 e. The molecule has 3 fully saturated rings. The van der Waals surface area contributed by atoms with Crippen LogP contribution in [0, 0.1) is 10.1 Å². The molecule has 5 rings (SSSR count). The topological polar surface area (TPSA) is 161 Å². The van der Waals surface area contributed by atoms with E-state index in [1.807, 2.05) is 30.3 Å². The Hall–Kier alpha value is -4.01. The average molecular weight is 541 g/mol. The number of thioether (sulfide) groups is 1. The summed E-state index contributed by atoms with van der Waals surface area (Å²) in [6, 6.07) is 14.3. The van der Waals surface area contributed by atoms with Crippen molar-refractivity contribution in [2.75, 3.05) is 26.7 Å². The number of nitrogens with zero attached hydrogens (tertiary/aromatic N) is 5. The van der Waals surface area contributed by atoms with E-state index >= 15 is 0 Å². The summed E-state index contributed by atoms with van der Waals surface area (Å²) in [5.74, 6) is -1.24. The Morgan fingerprint density at radius 3 is 2.58 bits per heavy atom. The highest BCUT2D eigenvalue weighted by Crippen LogP contribution is 2.53. The summed E-state index contributed by atoms with van der Waals surface area (Å²) in [6.07, 6.45) is 1.55. The smallest absolute Gasteiger partial charge is 0.345 e. The molecule has 3 aliphatic rings. The van der Waals surface area contributed by atoms with Gasteiger partial charge in [0.15, 0.2) is 0 Å². The number of hydrogen-bond acceptors (Lipinski definition) is 10. The SMILES string of the molecule is CO[C@]1(N)C(=O)N2C[C@@](C(=O)OCc3ccc([N+](=O)[O-])cc3)(N3CCN(N=Cc4ccccc4)C3=O)S[C@@H]21. The highest BCUT2D eigenvalue weighted by Gasteiger charge is 2.72. The van der Waals surface area contributed by atoms with Gasteiger partial charge in [-0.25, -0.2) is 14.6 Å². The molecule has 2 aromatic rings. The lowest BCUT2D eigenvalue weighted by Crippen LogP contribution is -2.76. The fourth-order valence-corrected chi connectivity index (χ4v) is 6.24. The molecule has 38 heavy (non-hydrogen) atoms. The number of β-lactam (4-membered cyclic amide) rings is 1. The summed E-state index contributed by atoms with van der Waals surface area (Å²) in [5.41, 5.74) is 5.75. The number of amides is 3. The quantitative estimate of drug-likeness (QED) is 0.130. The van der Waals surface area contributed by atoms with Crippen molar-refractivity contribution in [3.05, 3.63) is 75.8 Å². The van der Waals surface area contributed by atoms with Gasteiger partial charge in [-0.2, -0.15) is 5.10 Å². The van der Waals surface area contributed by atoms with Crippen LogP contribution >= 0.6 is 11.8 Å². The molecular formula is C24H24N6O7S. The van der Waals surface area contributed by atoms with Crippen LogP contribution in [0.15, 0.2) is 59.7 Å². The van der Waals surface area contributed by atoms with Gasteiger partial charge in [-0.3, -0.25) is 25.5 Å². The van der Waals surface area contributed by atoms with Crippen molar-refractivity contribution in [2.24, 2.45) is 10.8 Å². The Kier molecular flexibility index (Phi) is 6.54. The minimum Gasteiger partial charge on any atom is -0.458 e. The third-order valence-corrected chi connectivity index (χ3v) is 8.41. The number of benzene rings is 2. The predicted molar refractivity (Wildman–Crippen MR) is 135 cm³/mol. The van der Waals surface area contributed by atoms with Gasteiger partial charge in [-0.15, -0.1) is 0 Å². The molecule has 0 spiro atoms. The molecule has 0 radical (unpaired) electrons. The van der Waals surface area contributed by atoms with Gasteiger partial charge >= 0.3 is 12.0 Å². The monoisotopic (exact) mass is 540 g/mol. The molecule has 13 nitrogen and oxygen atoms in total. The van der Waals surface area contributed by atoms with Crippen molar-refractivity contribution in [1.82, 2.24) is 14.8 Å². The van der Waals surface area contributed by atoms with Crippen molar-refractivity contribution in [2.45, 2.75) is 22.6 Å². The molecule has 0 saturated carbocycles. The standard InChI is InChI=1S/C24H24N6O7S/c1-36-24(25)19(31)27-15-23(38-20(24)27,21(32)37-14-17-7-9-18(10-8-17)30(34)35)28-11-12-29(22(28)33)26-13-16-5-3-2-4-6-16/h2-10,13,20H,11-12,14-15,25H2,1H3/t20-,23-,24-/m1/s1. The molecule has 3 heterocycles. The third-order valence-electron chi connectivity index (χ3n) is 6.68. The van der Waals surface area contributed by atoms with E-state index in [0.717, 1.165) is 17.3 Å². The van der Waals surface area contributed by atoms with Crippen molar-refractivity contribution >= 4 is 41.6 Å². The number of fused-ring (bicyclic) bond motifs is 1. The number of esters is 1. The number of non-ortho nitro benzene ring substituents is 1. The molecule has 3 aliphatic heterocycles. The first-order valence-corrected chi connectivity index (χ1v) is 12.5. The van der Waals surface area contributed by atoms with Crippen LogP contribution in [0.1, 0.15) is 11.1 Å². The number of carbonyl (C=O) groups is 3. The molecule has 198 valence electrons. The van der Waals surface area contributed by atoms with Gasteiger partial charge in [-0.05, 0) is 23.3 Å². The van der Waals surface area contributed by atoms with Gasteiger partial charge in [0.2, 0.25) is 10.6 Å². The van der Waals surface area contributed by atoms with Crippen molar-refractivity contribution in [3.8, 4) is 0 Å². The first-order chi connectivity index (χ1) is 18.2. The normalized spacial score (nSPS) is 26.6. The minimum absolute atomic E-state index is 0.0940. The second-order valence-electron chi connectivity index (χ2n) is 8.90. The number of nitro groups is 1. The summed E-state index contributed by atoms with van der Waals surface area (Å²) in [5, 5.41) is 15.7. The summed E-state index contributed by atoms with van der Waals surface area (Å²) in [6.45, 7) is 0.0545. The molecule has 3 atom stereocenters. The minimum atomic E-state index is -1.63. The fraction of sp³-hybridized carbons (Fsp3) is 0.333. The average Bonchev–Trinajstić information content (AvgIpc) is 3.51. The van der Waals surface area contributed by atoms with E-state index in [1.165, 1.54) is 46.2 Å². The van der Waals surface area contributed by atoms with E-state index in [9.17, 15) is 24.5 Å². The number of hydrogen-bond donors (Lipinski definition) is 1. The van der Waals surface area contributed by atoms with E-state index in [-0.39, 0.29) is 31.9 Å². The lowest BCUT2D eigenvalue weighted by atomic mass is 10.0. The van der Waals surface area contributed by atoms with Gasteiger partial charge in [0.25, 0.3) is 11.6 Å². The highest BCUT2D eigenvalue weighted by molar-refractivity contribution is 8.02. The van der Waals surface area contributed by atoms with Gasteiger partial charge in [0.05, 0.1) is 24.2 Å². The maximum absolute atomic E-state index is 13.6. The number of methoxy groups -OCH3 is 1. The number of urea groups is 1. The fourth-order valence-electron chi connectivity index (χ4n) is 4.54. The van der Waals surface area contributed by atoms with E-state index in [4.69, 9.17) is 15.2 Å². The highest BCUT2D eigenvalue weighted by atomic mass is 32.2. The Labute approximate surface area is 221 Å². The molecule has 14 heteroatoms. The van der Waals surface area contributed by atoms with Gasteiger partial charge < -0.3 is 14.4 Å². The van der Waals surface area contributed by atoms with Crippen LogP contribution < -0.4 is 5.73 Å². The zero-order chi connectivity index (χ0) is 27.1.